The number of anilines is 2. The molecule has 6 nitrogen and oxygen atoms in total. The number of amides is 2. The monoisotopic (exact) mass is 359 g/mol. The standard InChI is InChI=1S/C18H15F2N3O3/c19-18(20)26-14-8-6-12(7-9-14)21-17(25)15-10-11-16(24)23(22-15)13-4-2-1-3-5-13/h1-9,18H,10-11H2,(H,21,25). The molecule has 134 valence electrons. The van der Waals surface area contributed by atoms with Crippen molar-refractivity contribution in [2.45, 2.75) is 19.5 Å². The van der Waals surface area contributed by atoms with Gasteiger partial charge in [0.2, 0.25) is 5.91 Å². The van der Waals surface area contributed by atoms with Crippen LogP contribution in [0, 0.1) is 0 Å². The second kappa shape index (κ2) is 7.73. The fraction of sp³-hybridized carbons (Fsp3) is 0.167. The number of nitrogens with zero attached hydrogens (tertiary/aromatic N) is 2. The van der Waals surface area contributed by atoms with Crippen molar-refractivity contribution < 1.29 is 23.1 Å². The van der Waals surface area contributed by atoms with Crippen molar-refractivity contribution in [1.82, 2.24) is 0 Å². The summed E-state index contributed by atoms with van der Waals surface area (Å²) in [4.78, 5) is 24.4. The van der Waals surface area contributed by atoms with Gasteiger partial charge in [0.1, 0.15) is 11.5 Å². The molecular weight excluding hydrogens is 344 g/mol. The molecule has 26 heavy (non-hydrogen) atoms. The molecule has 8 heteroatoms. The summed E-state index contributed by atoms with van der Waals surface area (Å²) in [5, 5.41) is 7.99. The van der Waals surface area contributed by atoms with Crippen molar-refractivity contribution in [3.63, 3.8) is 0 Å². The van der Waals surface area contributed by atoms with E-state index in [1.807, 2.05) is 6.07 Å². The first-order chi connectivity index (χ1) is 12.5. The minimum absolute atomic E-state index is 0.00569. The van der Waals surface area contributed by atoms with Gasteiger partial charge in [-0.15, -0.1) is 0 Å². The third kappa shape index (κ3) is 4.21. The Labute approximate surface area is 148 Å². The Morgan fingerprint density at radius 1 is 1.08 bits per heavy atom. The minimum atomic E-state index is -2.91. The van der Waals surface area contributed by atoms with Crippen LogP contribution < -0.4 is 15.1 Å². The van der Waals surface area contributed by atoms with Crippen LogP contribution >= 0.6 is 0 Å². The summed E-state index contributed by atoms with van der Waals surface area (Å²) >= 11 is 0. The Bertz CT molecular complexity index is 823. The topological polar surface area (TPSA) is 71.0 Å². The fourth-order valence-corrected chi connectivity index (χ4v) is 2.41. The molecular formula is C18H15F2N3O3. The number of alkyl halides is 2. The largest absolute Gasteiger partial charge is 0.435 e. The number of nitrogens with one attached hydrogen (secondary N) is 1. The Morgan fingerprint density at radius 3 is 2.42 bits per heavy atom. The lowest BCUT2D eigenvalue weighted by atomic mass is 10.1. The molecule has 1 aliphatic heterocycles. The summed E-state index contributed by atoms with van der Waals surface area (Å²) < 4.78 is 28.5. The molecule has 0 atom stereocenters. The van der Waals surface area contributed by atoms with Crippen LogP contribution in [0.3, 0.4) is 0 Å². The van der Waals surface area contributed by atoms with Gasteiger partial charge in [0.25, 0.3) is 5.91 Å². The Morgan fingerprint density at radius 2 is 1.77 bits per heavy atom. The number of rotatable bonds is 5. The summed E-state index contributed by atoms with van der Waals surface area (Å²) in [5.74, 6) is -0.656. The maximum atomic E-state index is 12.4. The average Bonchev–Trinajstić information content (AvgIpc) is 2.64. The highest BCUT2D eigenvalue weighted by Crippen LogP contribution is 2.21. The Kier molecular flexibility index (Phi) is 5.21. The molecule has 3 rings (SSSR count). The molecule has 0 aromatic heterocycles. The van der Waals surface area contributed by atoms with Gasteiger partial charge >= 0.3 is 6.61 Å². The van der Waals surface area contributed by atoms with Gasteiger partial charge in [-0.3, -0.25) is 9.59 Å². The Balaban J connectivity index is 1.72. The lowest BCUT2D eigenvalue weighted by Crippen LogP contribution is -2.36. The number of hydrogen-bond donors (Lipinski definition) is 1. The van der Waals surface area contributed by atoms with E-state index < -0.39 is 12.5 Å². The molecule has 1 heterocycles. The van der Waals surface area contributed by atoms with Gasteiger partial charge in [-0.05, 0) is 36.4 Å². The number of carbonyl (C=O) groups is 2. The molecule has 0 radical (unpaired) electrons. The molecule has 0 unspecified atom stereocenters. The van der Waals surface area contributed by atoms with Crippen molar-refractivity contribution in [2.24, 2.45) is 5.10 Å². The molecule has 0 saturated heterocycles. The summed E-state index contributed by atoms with van der Waals surface area (Å²) in [7, 11) is 0. The number of hydrazone groups is 1. The van der Waals surface area contributed by atoms with Crippen LogP contribution in [0.5, 0.6) is 5.75 Å². The molecule has 0 saturated carbocycles. The first-order valence-electron chi connectivity index (χ1n) is 7.84. The molecule has 2 amide bonds. The average molecular weight is 359 g/mol. The van der Waals surface area contributed by atoms with Crippen molar-refractivity contribution >= 4 is 28.9 Å². The quantitative estimate of drug-likeness (QED) is 0.889. The molecule has 0 aliphatic carbocycles. The second-order valence-corrected chi connectivity index (χ2v) is 5.44. The number of hydrogen-bond acceptors (Lipinski definition) is 4. The third-order valence-electron chi connectivity index (χ3n) is 3.63. The number of carbonyl (C=O) groups excluding carboxylic acids is 2. The van der Waals surface area contributed by atoms with Crippen molar-refractivity contribution in [3.8, 4) is 5.75 Å². The number of para-hydroxylation sites is 1. The molecule has 2 aromatic carbocycles. The normalized spacial score (nSPS) is 14.2. The highest BCUT2D eigenvalue weighted by molar-refractivity contribution is 6.44. The van der Waals surface area contributed by atoms with Crippen LogP contribution in [0.4, 0.5) is 20.2 Å². The maximum absolute atomic E-state index is 12.4. The van der Waals surface area contributed by atoms with E-state index >= 15 is 0 Å². The summed E-state index contributed by atoms with van der Waals surface area (Å²) in [6, 6.07) is 14.3. The molecule has 0 bridgehead atoms. The fourth-order valence-electron chi connectivity index (χ4n) is 2.41. The van der Waals surface area contributed by atoms with E-state index in [0.29, 0.717) is 11.4 Å². The molecule has 1 N–H and O–H groups in total. The highest BCUT2D eigenvalue weighted by Gasteiger charge is 2.25. The van der Waals surface area contributed by atoms with E-state index in [2.05, 4.69) is 15.2 Å². The Hall–Kier alpha value is -3.29. The van der Waals surface area contributed by atoms with Crippen LogP contribution in [0.25, 0.3) is 0 Å². The minimum Gasteiger partial charge on any atom is -0.435 e. The van der Waals surface area contributed by atoms with Crippen LogP contribution in [-0.2, 0) is 9.59 Å². The van der Waals surface area contributed by atoms with E-state index in [0.717, 1.165) is 0 Å². The molecule has 0 spiro atoms. The highest BCUT2D eigenvalue weighted by atomic mass is 19.3. The number of halogens is 2. The van der Waals surface area contributed by atoms with Crippen molar-refractivity contribution in [1.29, 1.82) is 0 Å². The number of ether oxygens (including phenoxy) is 1. The predicted octanol–water partition coefficient (Wildman–Crippen LogP) is 3.41. The van der Waals surface area contributed by atoms with E-state index in [9.17, 15) is 18.4 Å². The zero-order valence-corrected chi connectivity index (χ0v) is 13.6. The van der Waals surface area contributed by atoms with Crippen molar-refractivity contribution in [2.75, 3.05) is 10.3 Å². The van der Waals surface area contributed by atoms with E-state index in [1.54, 1.807) is 24.3 Å². The smallest absolute Gasteiger partial charge is 0.387 e. The van der Waals surface area contributed by atoms with Crippen LogP contribution in [-0.4, -0.2) is 24.1 Å². The van der Waals surface area contributed by atoms with E-state index in [1.165, 1.54) is 29.3 Å². The van der Waals surface area contributed by atoms with Gasteiger partial charge in [-0.25, -0.2) is 5.01 Å². The van der Waals surface area contributed by atoms with Crippen LogP contribution in [0.2, 0.25) is 0 Å². The first kappa shape index (κ1) is 17.5. The second-order valence-electron chi connectivity index (χ2n) is 5.44. The van der Waals surface area contributed by atoms with Gasteiger partial charge in [0.15, 0.2) is 0 Å². The van der Waals surface area contributed by atoms with Gasteiger partial charge < -0.3 is 10.1 Å². The zero-order chi connectivity index (χ0) is 18.5. The van der Waals surface area contributed by atoms with Gasteiger partial charge in [-0.1, -0.05) is 18.2 Å². The molecule has 2 aromatic rings. The van der Waals surface area contributed by atoms with Crippen LogP contribution in [0.15, 0.2) is 59.7 Å². The summed E-state index contributed by atoms with van der Waals surface area (Å²) in [6.07, 6.45) is 0.392. The lowest BCUT2D eigenvalue weighted by Gasteiger charge is -2.23. The van der Waals surface area contributed by atoms with Gasteiger partial charge in [0, 0.05) is 18.5 Å². The van der Waals surface area contributed by atoms with Gasteiger partial charge in [0.05, 0.1) is 5.69 Å². The van der Waals surface area contributed by atoms with Gasteiger partial charge in [-0.2, -0.15) is 13.9 Å². The summed E-state index contributed by atoms with van der Waals surface area (Å²) in [5.41, 5.74) is 1.19. The van der Waals surface area contributed by atoms with E-state index in [-0.39, 0.29) is 30.2 Å². The number of benzene rings is 2. The SMILES string of the molecule is O=C(Nc1ccc(OC(F)F)cc1)C1=NN(c2ccccc2)C(=O)CC1. The maximum Gasteiger partial charge on any atom is 0.387 e. The van der Waals surface area contributed by atoms with Crippen LogP contribution in [0.1, 0.15) is 12.8 Å². The lowest BCUT2D eigenvalue weighted by molar-refractivity contribution is -0.118. The zero-order valence-electron chi connectivity index (χ0n) is 13.6. The molecule has 1 aliphatic rings. The predicted molar refractivity (Wildman–Crippen MR) is 92.3 cm³/mol. The van der Waals surface area contributed by atoms with Crippen molar-refractivity contribution in [3.05, 3.63) is 54.6 Å². The third-order valence-corrected chi connectivity index (χ3v) is 3.63. The summed E-state index contributed by atoms with van der Waals surface area (Å²) in [6.45, 7) is -2.91. The molecule has 0 fully saturated rings. The first-order valence-corrected chi connectivity index (χ1v) is 7.84. The van der Waals surface area contributed by atoms with E-state index in [4.69, 9.17) is 0 Å².